The monoisotopic (exact) mass is 547 g/mol. The molecule has 5 rings (SSSR count). The molecular formula is C28H30BF3KN3O2. The summed E-state index contributed by atoms with van der Waals surface area (Å²) in [5, 5.41) is 5.91. The number of piperazine rings is 1. The van der Waals surface area contributed by atoms with Crippen LogP contribution < -0.4 is 67.5 Å². The first-order chi connectivity index (χ1) is 17.7. The number of hydrogen-bond donors (Lipinski definition) is 2. The van der Waals surface area contributed by atoms with Gasteiger partial charge in [-0.25, -0.2) is 4.79 Å². The van der Waals surface area contributed by atoms with E-state index in [9.17, 15) is 17.7 Å². The molecule has 38 heavy (non-hydrogen) atoms. The molecule has 0 atom stereocenters. The molecular weight excluding hydrogens is 517 g/mol. The molecule has 10 heteroatoms. The SMILES string of the molecule is Cc1c(CN2CCNCC2)cc([B-](F)(F)F)c(C)c1NC(=O)OCC1c2ccccc2-c2ccccc21.[K+]. The van der Waals surface area contributed by atoms with Gasteiger partial charge in [0, 0.05) is 44.3 Å². The van der Waals surface area contributed by atoms with E-state index in [1.165, 1.54) is 13.0 Å². The Kier molecular flexibility index (Phi) is 9.45. The van der Waals surface area contributed by atoms with Gasteiger partial charge in [0.1, 0.15) is 6.61 Å². The van der Waals surface area contributed by atoms with Gasteiger partial charge in [0.15, 0.2) is 0 Å². The van der Waals surface area contributed by atoms with Crippen LogP contribution in [-0.4, -0.2) is 50.8 Å². The summed E-state index contributed by atoms with van der Waals surface area (Å²) in [6.45, 7) is 1.52. The minimum atomic E-state index is -5.25. The summed E-state index contributed by atoms with van der Waals surface area (Å²) in [4.78, 5) is 15.1. The molecule has 1 aliphatic heterocycles. The standard InChI is InChI=1S/C28H30BF3N3O2.K/c1-18-20(16-35-13-11-33-12-14-35)15-26(29(30,31)32)19(2)27(18)34-28(36)37-17-25-23-9-5-3-7-21(23)22-8-4-6-10-24(22)25;/h3-10,15,25,33H,11-14,16-17H2,1-2H3,(H,34,36);/q-1;+1. The third-order valence-corrected chi connectivity index (χ3v) is 7.52. The van der Waals surface area contributed by atoms with Crippen molar-refractivity contribution in [1.29, 1.82) is 0 Å². The van der Waals surface area contributed by atoms with E-state index in [0.717, 1.165) is 48.4 Å². The summed E-state index contributed by atoms with van der Waals surface area (Å²) in [5.74, 6) is -0.131. The molecule has 5 nitrogen and oxygen atoms in total. The minimum absolute atomic E-state index is 0. The van der Waals surface area contributed by atoms with E-state index in [1.54, 1.807) is 6.92 Å². The Morgan fingerprint density at radius 2 is 1.58 bits per heavy atom. The van der Waals surface area contributed by atoms with Crippen LogP contribution in [0.3, 0.4) is 0 Å². The van der Waals surface area contributed by atoms with E-state index in [0.29, 0.717) is 17.7 Å². The molecule has 0 radical (unpaired) electrons. The van der Waals surface area contributed by atoms with E-state index < -0.39 is 18.5 Å². The molecule has 0 saturated carbocycles. The molecule has 1 aliphatic carbocycles. The first-order valence-electron chi connectivity index (χ1n) is 12.6. The van der Waals surface area contributed by atoms with Crippen LogP contribution in [-0.2, 0) is 11.3 Å². The summed E-state index contributed by atoms with van der Waals surface area (Å²) >= 11 is 0. The largest absolute Gasteiger partial charge is 1.00 e. The molecule has 0 unspecified atom stereocenters. The van der Waals surface area contributed by atoms with Gasteiger partial charge in [-0.05, 0) is 47.2 Å². The van der Waals surface area contributed by atoms with Gasteiger partial charge in [-0.2, -0.15) is 0 Å². The first-order valence-corrected chi connectivity index (χ1v) is 12.6. The van der Waals surface area contributed by atoms with Crippen LogP contribution in [0, 0.1) is 13.8 Å². The topological polar surface area (TPSA) is 53.6 Å². The fourth-order valence-electron chi connectivity index (χ4n) is 5.53. The van der Waals surface area contributed by atoms with Crippen molar-refractivity contribution in [2.45, 2.75) is 26.3 Å². The quantitative estimate of drug-likeness (QED) is 0.465. The third-order valence-electron chi connectivity index (χ3n) is 7.52. The zero-order valence-electron chi connectivity index (χ0n) is 22.0. The Morgan fingerprint density at radius 3 is 2.16 bits per heavy atom. The van der Waals surface area contributed by atoms with E-state index in [4.69, 9.17) is 4.74 Å². The van der Waals surface area contributed by atoms with Crippen LogP contribution in [0.5, 0.6) is 0 Å². The molecule has 3 aromatic carbocycles. The van der Waals surface area contributed by atoms with Crippen molar-refractivity contribution in [3.63, 3.8) is 0 Å². The van der Waals surface area contributed by atoms with Crippen LogP contribution in [0.2, 0.25) is 0 Å². The summed E-state index contributed by atoms with van der Waals surface area (Å²) in [6, 6.07) is 17.2. The Morgan fingerprint density at radius 1 is 1.00 bits per heavy atom. The van der Waals surface area contributed by atoms with Gasteiger partial charge in [0.2, 0.25) is 0 Å². The van der Waals surface area contributed by atoms with Crippen molar-refractivity contribution >= 4 is 24.2 Å². The van der Waals surface area contributed by atoms with Crippen molar-refractivity contribution in [1.82, 2.24) is 10.2 Å². The van der Waals surface area contributed by atoms with E-state index in [2.05, 4.69) is 15.5 Å². The Labute approximate surface area is 264 Å². The molecule has 2 aliphatic rings. The molecule has 1 saturated heterocycles. The smallest absolute Gasteiger partial charge is 0.448 e. The van der Waals surface area contributed by atoms with Crippen molar-refractivity contribution in [2.24, 2.45) is 0 Å². The Balaban J connectivity index is 0.00000336. The number of carbonyl (C=O) groups excluding carboxylic acids is 1. The number of amides is 1. The number of nitrogens with zero attached hydrogens (tertiary/aromatic N) is 1. The van der Waals surface area contributed by atoms with Crippen molar-refractivity contribution in [3.8, 4) is 11.1 Å². The molecule has 0 aromatic heterocycles. The Hall–Kier alpha value is -1.66. The summed E-state index contributed by atoms with van der Waals surface area (Å²) in [7, 11) is 0. The van der Waals surface area contributed by atoms with Gasteiger partial charge >= 0.3 is 64.5 Å². The molecule has 0 spiro atoms. The van der Waals surface area contributed by atoms with Crippen molar-refractivity contribution in [3.05, 3.63) is 82.4 Å². The Bertz CT molecular complexity index is 1280. The van der Waals surface area contributed by atoms with Crippen molar-refractivity contribution < 1.29 is 73.9 Å². The molecule has 194 valence electrons. The molecule has 3 aromatic rings. The molecule has 0 bridgehead atoms. The normalized spacial score (nSPS) is 15.4. The van der Waals surface area contributed by atoms with Gasteiger partial charge in [-0.3, -0.25) is 10.2 Å². The van der Waals surface area contributed by atoms with Crippen LogP contribution in [0.25, 0.3) is 11.1 Å². The summed E-state index contributed by atoms with van der Waals surface area (Å²) in [6.07, 6.45) is -0.756. The summed E-state index contributed by atoms with van der Waals surface area (Å²) < 4.78 is 47.6. The summed E-state index contributed by atoms with van der Waals surface area (Å²) in [5.41, 5.74) is 5.08. The van der Waals surface area contributed by atoms with E-state index >= 15 is 0 Å². The van der Waals surface area contributed by atoms with Gasteiger partial charge in [-0.15, -0.1) is 5.46 Å². The predicted molar refractivity (Wildman–Crippen MR) is 141 cm³/mol. The van der Waals surface area contributed by atoms with E-state index in [1.807, 2.05) is 48.5 Å². The fourth-order valence-corrected chi connectivity index (χ4v) is 5.53. The second-order valence-corrected chi connectivity index (χ2v) is 9.80. The van der Waals surface area contributed by atoms with Crippen LogP contribution >= 0.6 is 0 Å². The third kappa shape index (κ3) is 6.06. The van der Waals surface area contributed by atoms with Gasteiger partial charge in [-0.1, -0.05) is 60.2 Å². The maximum atomic E-state index is 14.0. The number of fused-ring (bicyclic) bond motifs is 3. The van der Waals surface area contributed by atoms with Crippen LogP contribution in [0.4, 0.5) is 23.4 Å². The number of anilines is 1. The maximum Gasteiger partial charge on any atom is 1.00 e. The number of hydrogen-bond acceptors (Lipinski definition) is 4. The number of rotatable bonds is 6. The number of halogens is 3. The zero-order chi connectivity index (χ0) is 26.2. The number of ether oxygens (including phenoxy) is 1. The minimum Gasteiger partial charge on any atom is -0.448 e. The molecule has 1 heterocycles. The average molecular weight is 547 g/mol. The van der Waals surface area contributed by atoms with Crippen LogP contribution in [0.15, 0.2) is 54.6 Å². The zero-order valence-corrected chi connectivity index (χ0v) is 25.1. The van der Waals surface area contributed by atoms with Gasteiger partial charge < -0.3 is 23.0 Å². The number of carbonyl (C=O) groups is 1. The second kappa shape index (κ2) is 12.2. The van der Waals surface area contributed by atoms with Crippen molar-refractivity contribution in [2.75, 3.05) is 38.1 Å². The average Bonchev–Trinajstić information content (AvgIpc) is 3.20. The number of nitrogens with one attached hydrogen (secondary N) is 2. The number of benzene rings is 3. The molecule has 1 amide bonds. The molecule has 2 N–H and O–H groups in total. The van der Waals surface area contributed by atoms with Gasteiger partial charge in [0.05, 0.1) is 0 Å². The maximum absolute atomic E-state index is 14.0. The van der Waals surface area contributed by atoms with E-state index in [-0.39, 0.29) is 75.2 Å². The first kappa shape index (κ1) is 29.3. The predicted octanol–water partition coefficient (Wildman–Crippen LogP) is 2.13. The molecule has 1 fully saturated rings. The van der Waals surface area contributed by atoms with Crippen LogP contribution in [0.1, 0.15) is 33.7 Å². The fraction of sp³-hybridized carbons (Fsp3) is 0.321. The second-order valence-electron chi connectivity index (χ2n) is 9.80. The van der Waals surface area contributed by atoms with Gasteiger partial charge in [0.25, 0.3) is 0 Å².